The second kappa shape index (κ2) is 5.87. The molecule has 0 aliphatic heterocycles. The number of aromatic nitrogens is 2. The summed E-state index contributed by atoms with van der Waals surface area (Å²) in [7, 11) is 1.59. The van der Waals surface area contributed by atoms with Gasteiger partial charge in [-0.15, -0.1) is 0 Å². The van der Waals surface area contributed by atoms with Crippen molar-refractivity contribution >= 4 is 11.7 Å². The van der Waals surface area contributed by atoms with Crippen LogP contribution >= 0.6 is 0 Å². The summed E-state index contributed by atoms with van der Waals surface area (Å²) in [6.07, 6.45) is 0. The minimum absolute atomic E-state index is 0.264. The quantitative estimate of drug-likeness (QED) is 0.467. The molecule has 19 heavy (non-hydrogen) atoms. The fourth-order valence-electron chi connectivity index (χ4n) is 1.63. The molecule has 100 valence electrons. The van der Waals surface area contributed by atoms with E-state index in [-0.39, 0.29) is 5.91 Å². The molecule has 1 aromatic carbocycles. The van der Waals surface area contributed by atoms with Crippen LogP contribution in [0.5, 0.6) is 5.75 Å². The molecule has 0 aliphatic rings. The van der Waals surface area contributed by atoms with Crippen molar-refractivity contribution < 1.29 is 9.53 Å². The average molecular weight is 261 g/mol. The maximum absolute atomic E-state index is 11.9. The first-order chi connectivity index (χ1) is 9.24. The van der Waals surface area contributed by atoms with Crippen molar-refractivity contribution in [1.82, 2.24) is 15.5 Å². The number of rotatable bonds is 5. The van der Waals surface area contributed by atoms with Crippen molar-refractivity contribution in [1.29, 1.82) is 0 Å². The van der Waals surface area contributed by atoms with E-state index in [4.69, 9.17) is 10.6 Å². The summed E-state index contributed by atoms with van der Waals surface area (Å²) in [5.41, 5.74) is 3.59. The van der Waals surface area contributed by atoms with Crippen molar-refractivity contribution in [2.75, 3.05) is 12.5 Å². The molecule has 0 atom stereocenters. The Morgan fingerprint density at radius 3 is 2.95 bits per heavy atom. The van der Waals surface area contributed by atoms with Crippen LogP contribution < -0.4 is 21.3 Å². The molecule has 7 heteroatoms. The topological polar surface area (TPSA) is 105 Å². The van der Waals surface area contributed by atoms with Gasteiger partial charge in [-0.1, -0.05) is 18.2 Å². The van der Waals surface area contributed by atoms with E-state index >= 15 is 0 Å². The number of nitrogens with zero attached hydrogens (tertiary/aromatic N) is 1. The number of amides is 1. The lowest BCUT2D eigenvalue weighted by Gasteiger charge is -2.08. The van der Waals surface area contributed by atoms with E-state index in [9.17, 15) is 4.79 Å². The number of carbonyl (C=O) groups is 1. The van der Waals surface area contributed by atoms with Crippen LogP contribution in [0.1, 0.15) is 16.1 Å². The Bertz CT molecular complexity index is 567. The van der Waals surface area contributed by atoms with Crippen LogP contribution in [-0.4, -0.2) is 23.2 Å². The molecule has 1 aromatic heterocycles. The zero-order chi connectivity index (χ0) is 13.7. The number of carbonyl (C=O) groups excluding carboxylic acids is 1. The highest BCUT2D eigenvalue weighted by Gasteiger charge is 2.10. The number of methoxy groups -OCH3 is 1. The molecule has 7 nitrogen and oxygen atoms in total. The third kappa shape index (κ3) is 3.02. The highest BCUT2D eigenvalue weighted by atomic mass is 16.5. The number of anilines is 1. The van der Waals surface area contributed by atoms with E-state index in [1.54, 1.807) is 7.11 Å². The molecule has 0 radical (unpaired) electrons. The number of H-pyrrole nitrogens is 1. The van der Waals surface area contributed by atoms with Gasteiger partial charge < -0.3 is 15.5 Å². The van der Waals surface area contributed by atoms with Crippen molar-refractivity contribution in [3.8, 4) is 5.75 Å². The van der Waals surface area contributed by atoms with Crippen LogP contribution in [0, 0.1) is 0 Å². The van der Waals surface area contributed by atoms with Gasteiger partial charge in [0.1, 0.15) is 11.4 Å². The molecular formula is C12H15N5O2. The van der Waals surface area contributed by atoms with E-state index in [0.717, 1.165) is 11.3 Å². The van der Waals surface area contributed by atoms with Crippen LogP contribution in [0.3, 0.4) is 0 Å². The van der Waals surface area contributed by atoms with Gasteiger partial charge in [0.2, 0.25) is 0 Å². The van der Waals surface area contributed by atoms with Gasteiger partial charge in [-0.2, -0.15) is 5.10 Å². The minimum Gasteiger partial charge on any atom is -0.496 e. The summed E-state index contributed by atoms with van der Waals surface area (Å²) in [5, 5.41) is 9.15. The number of hydrogen-bond donors (Lipinski definition) is 4. The zero-order valence-corrected chi connectivity index (χ0v) is 10.4. The first-order valence-electron chi connectivity index (χ1n) is 5.66. The molecule has 0 saturated heterocycles. The molecule has 2 rings (SSSR count). The Balaban J connectivity index is 2.00. The maximum Gasteiger partial charge on any atom is 0.269 e. The highest BCUT2D eigenvalue weighted by molar-refractivity contribution is 5.92. The molecule has 0 aliphatic carbocycles. The Morgan fingerprint density at radius 1 is 1.47 bits per heavy atom. The SMILES string of the molecule is COc1ccccc1CNC(=O)c1cc(NN)n[nH]1. The lowest BCUT2D eigenvalue weighted by atomic mass is 10.2. The van der Waals surface area contributed by atoms with E-state index in [1.807, 2.05) is 24.3 Å². The number of nitrogen functional groups attached to an aromatic ring is 1. The average Bonchev–Trinajstić information content (AvgIpc) is 2.94. The minimum atomic E-state index is -0.264. The lowest BCUT2D eigenvalue weighted by molar-refractivity contribution is 0.0945. The first kappa shape index (κ1) is 12.9. The van der Waals surface area contributed by atoms with Crippen LogP contribution in [0.4, 0.5) is 5.82 Å². The van der Waals surface area contributed by atoms with E-state index in [2.05, 4.69) is 20.9 Å². The third-order valence-electron chi connectivity index (χ3n) is 2.60. The molecule has 0 spiro atoms. The van der Waals surface area contributed by atoms with Gasteiger partial charge in [-0.25, -0.2) is 5.84 Å². The van der Waals surface area contributed by atoms with Crippen molar-refractivity contribution in [2.45, 2.75) is 6.54 Å². The predicted molar refractivity (Wildman–Crippen MR) is 70.6 cm³/mol. The van der Waals surface area contributed by atoms with E-state index in [1.165, 1.54) is 6.07 Å². The third-order valence-corrected chi connectivity index (χ3v) is 2.60. The number of nitrogens with two attached hydrogens (primary N) is 1. The Kier molecular flexibility index (Phi) is 3.99. The lowest BCUT2D eigenvalue weighted by Crippen LogP contribution is -2.23. The van der Waals surface area contributed by atoms with Crippen LogP contribution in [0.2, 0.25) is 0 Å². The van der Waals surface area contributed by atoms with Gasteiger partial charge >= 0.3 is 0 Å². The van der Waals surface area contributed by atoms with Gasteiger partial charge in [0.05, 0.1) is 7.11 Å². The molecule has 5 N–H and O–H groups in total. The summed E-state index contributed by atoms with van der Waals surface area (Å²) < 4.78 is 5.21. The van der Waals surface area contributed by atoms with Gasteiger partial charge in [0.25, 0.3) is 5.91 Å². The molecular weight excluding hydrogens is 246 g/mol. The van der Waals surface area contributed by atoms with Crippen LogP contribution in [-0.2, 0) is 6.54 Å². The smallest absolute Gasteiger partial charge is 0.269 e. The van der Waals surface area contributed by atoms with Crippen LogP contribution in [0.15, 0.2) is 30.3 Å². The number of para-hydroxylation sites is 1. The van der Waals surface area contributed by atoms with Crippen molar-refractivity contribution in [2.24, 2.45) is 5.84 Å². The molecule has 0 fully saturated rings. The van der Waals surface area contributed by atoms with E-state index < -0.39 is 0 Å². The number of nitrogens with one attached hydrogen (secondary N) is 3. The number of ether oxygens (including phenoxy) is 1. The second-order valence-electron chi connectivity index (χ2n) is 3.81. The Morgan fingerprint density at radius 2 is 2.26 bits per heavy atom. The van der Waals surface area contributed by atoms with Crippen LogP contribution in [0.25, 0.3) is 0 Å². The molecule has 0 unspecified atom stereocenters. The van der Waals surface area contributed by atoms with Gasteiger partial charge in [0.15, 0.2) is 5.82 Å². The molecule has 0 bridgehead atoms. The maximum atomic E-state index is 11.9. The molecule has 0 saturated carbocycles. The summed E-state index contributed by atoms with van der Waals surface area (Å²) >= 11 is 0. The zero-order valence-electron chi connectivity index (χ0n) is 10.4. The molecule has 1 amide bonds. The largest absolute Gasteiger partial charge is 0.496 e. The summed E-state index contributed by atoms with van der Waals surface area (Å²) in [6.45, 7) is 0.368. The standard InChI is InChI=1S/C12H15N5O2/c1-19-10-5-3-2-4-8(10)7-14-12(18)9-6-11(15-13)17-16-9/h2-6H,7,13H2,1H3,(H,14,18)(H2,15,16,17). The van der Waals surface area contributed by atoms with Gasteiger partial charge in [0, 0.05) is 18.2 Å². The van der Waals surface area contributed by atoms with E-state index in [0.29, 0.717) is 18.1 Å². The highest BCUT2D eigenvalue weighted by Crippen LogP contribution is 2.16. The molecule has 1 heterocycles. The first-order valence-corrected chi connectivity index (χ1v) is 5.66. The fourth-order valence-corrected chi connectivity index (χ4v) is 1.63. The normalized spacial score (nSPS) is 10.0. The summed E-state index contributed by atoms with van der Waals surface area (Å²) in [6, 6.07) is 9.01. The Hall–Kier alpha value is -2.54. The van der Waals surface area contributed by atoms with Crippen molar-refractivity contribution in [3.05, 3.63) is 41.6 Å². The van der Waals surface area contributed by atoms with Gasteiger partial charge in [-0.3, -0.25) is 9.89 Å². The monoisotopic (exact) mass is 261 g/mol. The Labute approximate surface area is 110 Å². The number of aromatic amines is 1. The second-order valence-corrected chi connectivity index (χ2v) is 3.81. The number of hydrogen-bond acceptors (Lipinski definition) is 5. The number of hydrazine groups is 1. The molecule has 2 aromatic rings. The van der Waals surface area contributed by atoms with Gasteiger partial charge in [-0.05, 0) is 6.07 Å². The van der Waals surface area contributed by atoms with Crippen molar-refractivity contribution in [3.63, 3.8) is 0 Å². The number of benzene rings is 1. The predicted octanol–water partition coefficient (Wildman–Crippen LogP) is 0.634. The summed E-state index contributed by atoms with van der Waals surface area (Å²) in [4.78, 5) is 11.9. The summed E-state index contributed by atoms with van der Waals surface area (Å²) in [5.74, 6) is 6.06. The fraction of sp³-hybridized carbons (Fsp3) is 0.167.